The zero-order chi connectivity index (χ0) is 77.4. The molecule has 16 nitrogen and oxygen atoms in total. The minimum Gasteiger partial charge on any atom is -0.414 e. The molecule has 0 saturated carbocycles. The fraction of sp³-hybridized carbons (Fsp3) is 0.838. The number of hydrogen-bond donors (Lipinski definition) is 0. The molecule has 18 atom stereocenters. The van der Waals surface area contributed by atoms with E-state index in [1.807, 2.05) is 23.1 Å². The Kier molecular flexibility index (Phi) is 30.2. The number of benzene rings is 1. The molecule has 0 bridgehead atoms. The van der Waals surface area contributed by atoms with Crippen LogP contribution in [0, 0.1) is 11.8 Å². The van der Waals surface area contributed by atoms with Gasteiger partial charge in [-0.2, -0.15) is 0 Å². The summed E-state index contributed by atoms with van der Waals surface area (Å²) in [5.74, 6) is -1.42. The Balaban J connectivity index is 1.33. The molecule has 0 spiro atoms. The number of halogens is 1. The minimum atomic E-state index is -4.54. The summed E-state index contributed by atoms with van der Waals surface area (Å²) < 4.78 is 127. The number of carbonyl (C=O) groups excluding carboxylic acids is 1. The molecule has 23 heteroatoms. The van der Waals surface area contributed by atoms with Crippen LogP contribution < -0.4 is 0 Å². The monoisotopic (exact) mass is 1660 g/mol. The van der Waals surface area contributed by atoms with Crippen molar-refractivity contribution in [2.24, 2.45) is 11.8 Å². The largest absolute Gasteiger partial charge is 0.414 e. The van der Waals surface area contributed by atoms with Crippen LogP contribution in [-0.4, -0.2) is 186 Å². The van der Waals surface area contributed by atoms with Crippen molar-refractivity contribution < 1.29 is 73.2 Å². The average Bonchev–Trinajstić information content (AvgIpc) is 1.73. The van der Waals surface area contributed by atoms with E-state index in [0.717, 1.165) is 55.2 Å². The van der Waals surface area contributed by atoms with Gasteiger partial charge < -0.3 is 60.0 Å². The van der Waals surface area contributed by atoms with E-state index in [4.69, 9.17) is 66.6 Å². The smallest absolute Gasteiger partial charge is 0.193 e. The Bertz CT molecular complexity index is 3100. The summed E-state index contributed by atoms with van der Waals surface area (Å²) in [4.78, 5) is 16.8. The normalized spacial score (nSPS) is 30.5. The Morgan fingerprint density at radius 2 is 1.18 bits per heavy atom. The van der Waals surface area contributed by atoms with Gasteiger partial charge in [-0.25, -0.2) is 8.42 Å². The first kappa shape index (κ1) is 89.6. The summed E-state index contributed by atoms with van der Waals surface area (Å²) >= 11 is 2.29. The van der Waals surface area contributed by atoms with Gasteiger partial charge in [0.1, 0.15) is 29.7 Å². The topological polar surface area (TPSA) is 171 Å². The van der Waals surface area contributed by atoms with Crippen LogP contribution in [0.2, 0.25) is 90.7 Å². The highest BCUT2D eigenvalue weighted by Crippen LogP contribution is 2.51. The van der Waals surface area contributed by atoms with Crippen LogP contribution in [0.15, 0.2) is 63.6 Å². The fourth-order valence-electron chi connectivity index (χ4n) is 14.3. The van der Waals surface area contributed by atoms with Crippen molar-refractivity contribution in [3.05, 3.63) is 64.3 Å². The molecule has 0 aliphatic carbocycles. The third kappa shape index (κ3) is 22.0. The molecule has 7 rings (SSSR count). The van der Waals surface area contributed by atoms with Gasteiger partial charge in [-0.05, 0) is 187 Å². The van der Waals surface area contributed by atoms with Gasteiger partial charge in [0.25, 0.3) is 0 Å². The molecule has 4 unspecified atom stereocenters. The van der Waals surface area contributed by atoms with E-state index < -0.39 is 142 Å². The Morgan fingerprint density at radius 1 is 0.641 bits per heavy atom. The molecule has 6 aliphatic rings. The van der Waals surface area contributed by atoms with E-state index in [9.17, 15) is 0 Å². The van der Waals surface area contributed by atoms with E-state index in [1.165, 1.54) is 0 Å². The van der Waals surface area contributed by atoms with Crippen molar-refractivity contribution in [2.45, 2.75) is 393 Å². The standard InChI is InChI=1S/C80H143IO16SSi5/c1-31-55-32-37-60(38-33-55)98(83,84)75(61(82)48-58-35-40-63-71(91-58)73(96-102(27,28)79(14,15)16)74(97-103(29,30)80(17,18)19)72(93-63)64(42-43-81)95-101(25,26)78(11,12)13)69-66(92-67(70(69)85-20)49-59(94-100(23,24)77(8,9)10)51-88-99(21,22)76(5,6)7)50-65-54(4)52(2)46-56(90-65)34-39-62-53(3)47-57(89-62)36-41-68-86-44-45-87-68/h32-33,37-38,42-43,52,56-59,62-75H,3-4,31,34-36,39-41,44-51H2,1-2,5-30H3/b43-42+/t52-,56-,57-,58+,59-,62-,63-,64?,65+,66-,67+,69-,70-,71+,72+,73?,74?,75?/m0/s1. The van der Waals surface area contributed by atoms with Crippen molar-refractivity contribution in [2.75, 3.05) is 26.9 Å². The fourth-order valence-corrected chi connectivity index (χ4v) is 22.9. The number of Topliss-reactive ketones (excluding diaryl/α,β-unsaturated/α-hetero) is 1. The minimum absolute atomic E-state index is 0.0476. The van der Waals surface area contributed by atoms with Crippen molar-refractivity contribution in [1.29, 1.82) is 0 Å². The summed E-state index contributed by atoms with van der Waals surface area (Å²) in [5.41, 5.74) is 2.98. The molecule has 592 valence electrons. The number of aryl methyl sites for hydroxylation is 1. The first-order chi connectivity index (χ1) is 47.2. The molecule has 0 radical (unpaired) electrons. The maximum atomic E-state index is 16.7. The molecule has 1 aromatic carbocycles. The summed E-state index contributed by atoms with van der Waals surface area (Å²) in [6, 6.07) is 7.05. The van der Waals surface area contributed by atoms with Gasteiger partial charge in [-0.15, -0.1) is 0 Å². The molecule has 0 N–H and O–H groups in total. The lowest BCUT2D eigenvalue weighted by molar-refractivity contribution is -0.266. The first-order valence-corrected chi connectivity index (χ1v) is 56.4. The van der Waals surface area contributed by atoms with Gasteiger partial charge in [0.15, 0.2) is 63.5 Å². The van der Waals surface area contributed by atoms with Crippen LogP contribution in [0.25, 0.3) is 0 Å². The molecule has 6 heterocycles. The molecule has 1 aromatic rings. The Labute approximate surface area is 644 Å². The quantitative estimate of drug-likeness (QED) is 0.0390. The lowest BCUT2D eigenvalue weighted by Gasteiger charge is -2.56. The zero-order valence-corrected chi connectivity index (χ0v) is 77.2. The lowest BCUT2D eigenvalue weighted by atomic mass is 9.81. The van der Waals surface area contributed by atoms with Gasteiger partial charge in [-0.3, -0.25) is 4.79 Å². The van der Waals surface area contributed by atoms with Gasteiger partial charge in [0.05, 0.1) is 91.9 Å². The van der Waals surface area contributed by atoms with E-state index in [0.29, 0.717) is 45.5 Å². The maximum Gasteiger partial charge on any atom is 0.193 e. The number of hydrogen-bond acceptors (Lipinski definition) is 16. The summed E-state index contributed by atoms with van der Waals surface area (Å²) in [6.07, 6.45) is 0.719. The van der Waals surface area contributed by atoms with E-state index in [1.54, 1.807) is 19.2 Å². The molecule has 0 amide bonds. The average molecular weight is 1660 g/mol. The second-order valence-electron chi connectivity index (χ2n) is 38.8. The van der Waals surface area contributed by atoms with Crippen LogP contribution in [0.1, 0.15) is 194 Å². The van der Waals surface area contributed by atoms with Gasteiger partial charge in [-0.1, -0.05) is 166 Å². The van der Waals surface area contributed by atoms with Crippen molar-refractivity contribution in [3.8, 4) is 0 Å². The third-order valence-corrected chi connectivity index (χ3v) is 51.2. The van der Waals surface area contributed by atoms with Gasteiger partial charge in [0.2, 0.25) is 0 Å². The van der Waals surface area contributed by atoms with E-state index in [-0.39, 0.29) is 73.4 Å². The Hall–Kier alpha value is -0.646. The van der Waals surface area contributed by atoms with E-state index >= 15 is 13.2 Å². The highest BCUT2D eigenvalue weighted by atomic mass is 127. The molecule has 6 fully saturated rings. The first-order valence-electron chi connectivity index (χ1n) is 39.1. The lowest BCUT2D eigenvalue weighted by Crippen LogP contribution is -2.69. The summed E-state index contributed by atoms with van der Waals surface area (Å²) in [7, 11) is -15.5. The van der Waals surface area contributed by atoms with E-state index in [2.05, 4.69) is 211 Å². The number of ketones is 1. The van der Waals surface area contributed by atoms with Gasteiger partial charge >= 0.3 is 0 Å². The predicted molar refractivity (Wildman–Crippen MR) is 438 cm³/mol. The number of fused-ring (bicyclic) bond motifs is 1. The number of ether oxygens (including phenoxy) is 8. The van der Waals surface area contributed by atoms with Crippen LogP contribution in [0.3, 0.4) is 0 Å². The molecule has 6 aliphatic heterocycles. The van der Waals surface area contributed by atoms with Crippen molar-refractivity contribution >= 4 is 79.8 Å². The summed E-state index contributed by atoms with van der Waals surface area (Å²) in [5, 5.41) is -2.37. The number of methoxy groups -OCH3 is 1. The van der Waals surface area contributed by atoms with Crippen LogP contribution in [0.4, 0.5) is 0 Å². The third-order valence-electron chi connectivity index (χ3n) is 26.1. The predicted octanol–water partition coefficient (Wildman–Crippen LogP) is 19.4. The second kappa shape index (κ2) is 34.8. The number of carbonyl (C=O) groups is 1. The molecule has 0 aromatic heterocycles. The molecule has 103 heavy (non-hydrogen) atoms. The molecular weight excluding hydrogens is 1520 g/mol. The molecule has 6 saturated heterocycles. The van der Waals surface area contributed by atoms with Gasteiger partial charge in [0, 0.05) is 38.7 Å². The molecular formula is C80H143IO16SSi5. The Morgan fingerprint density at radius 3 is 1.73 bits per heavy atom. The highest BCUT2D eigenvalue weighted by molar-refractivity contribution is 14.1. The van der Waals surface area contributed by atoms with Crippen molar-refractivity contribution in [1.82, 2.24) is 0 Å². The van der Waals surface area contributed by atoms with Crippen molar-refractivity contribution in [3.63, 3.8) is 0 Å². The van der Waals surface area contributed by atoms with Crippen LogP contribution in [-0.2, 0) is 81.1 Å². The SMILES string of the molecule is C=C1C[C@H](CCC2OCCO2)O[C@H]1CC[C@H]1C[C@H](C)C(=C)[C@@H](C[C@@H]2O[C@H](C[C@@H](CO[Si](C)(C)C(C)(C)C)O[Si](C)(C)C(C)(C)C)[C@H](OC)[C@H]2C(C(=O)C[C@H]2CC[C@@H]3O[C@H](C(/C=C/I)O[Si](C)(C)C(C)(C)C)C(O[Si](C)(C)C(C)(C)C)C(O[Si](C)(C)C(C)(C)C)[C@@H]3O2)S(=O)(=O)c2ccc(CC)cc2)O1. The maximum absolute atomic E-state index is 16.7. The number of sulfone groups is 1. The highest BCUT2D eigenvalue weighted by Gasteiger charge is 2.61. The van der Waals surface area contributed by atoms with Crippen LogP contribution >= 0.6 is 22.6 Å². The number of rotatable bonds is 31. The van der Waals surface area contributed by atoms with Crippen LogP contribution in [0.5, 0.6) is 0 Å². The zero-order valence-electron chi connectivity index (χ0n) is 69.3. The summed E-state index contributed by atoms with van der Waals surface area (Å²) in [6.45, 7) is 71.4. The second-order valence-corrected chi connectivity index (χ2v) is 65.5.